The van der Waals surface area contributed by atoms with Crippen LogP contribution >= 0.6 is 0 Å². The van der Waals surface area contributed by atoms with Crippen molar-refractivity contribution in [1.82, 2.24) is 9.97 Å². The molecular formula is C24H14N2O2S. The van der Waals surface area contributed by atoms with Gasteiger partial charge in [0.1, 0.15) is 0 Å². The Balaban J connectivity index is 1.65. The maximum absolute atomic E-state index is 13.4. The fraction of sp³-hybridized carbons (Fsp3) is 0. The van der Waals surface area contributed by atoms with Gasteiger partial charge in [-0.3, -0.25) is 0 Å². The van der Waals surface area contributed by atoms with Crippen molar-refractivity contribution in [1.29, 1.82) is 0 Å². The van der Waals surface area contributed by atoms with Crippen LogP contribution in [-0.2, 0) is 9.84 Å². The average molecular weight is 394 g/mol. The summed E-state index contributed by atoms with van der Waals surface area (Å²) in [5.41, 5.74) is 5.27. The predicted molar refractivity (Wildman–Crippen MR) is 116 cm³/mol. The minimum atomic E-state index is -3.56. The largest absolute Gasteiger partial charge is 0.354 e. The van der Waals surface area contributed by atoms with Gasteiger partial charge in [-0.2, -0.15) is 0 Å². The standard InChI is InChI=1S/C24H14N2O2S/c27-29(28)23-11-21-15(13-5-1-3-7-19(13)25-21)9-17(23)18-10-16-14-6-2-4-8-20(14)26-22(16)12-24(18)29/h1-12,25-26H. The van der Waals surface area contributed by atoms with Crippen molar-refractivity contribution in [2.45, 2.75) is 9.79 Å². The monoisotopic (exact) mass is 394 g/mol. The Hall–Kier alpha value is -3.57. The summed E-state index contributed by atoms with van der Waals surface area (Å²) in [6.07, 6.45) is 0. The van der Waals surface area contributed by atoms with E-state index in [1.54, 1.807) is 12.1 Å². The lowest BCUT2D eigenvalue weighted by Gasteiger charge is -2.01. The SMILES string of the molecule is O=S1(=O)c2cc3[nH]c4ccccc4c3cc2-c2cc3c(cc21)[nH]c1ccccc13. The molecule has 0 radical (unpaired) electrons. The lowest BCUT2D eigenvalue weighted by molar-refractivity contribution is 0.599. The number of hydrogen-bond donors (Lipinski definition) is 2. The quantitative estimate of drug-likeness (QED) is 0.343. The predicted octanol–water partition coefficient (Wildman–Crippen LogP) is 5.77. The number of nitrogens with one attached hydrogen (secondary N) is 2. The fourth-order valence-electron chi connectivity index (χ4n) is 4.74. The van der Waals surface area contributed by atoms with E-state index in [1.165, 1.54) is 0 Å². The van der Waals surface area contributed by atoms with Crippen LogP contribution in [0.2, 0.25) is 0 Å². The highest BCUT2D eigenvalue weighted by molar-refractivity contribution is 7.92. The van der Waals surface area contributed by atoms with Crippen molar-refractivity contribution in [3.63, 3.8) is 0 Å². The molecule has 2 N–H and O–H groups in total. The third-order valence-electron chi connectivity index (χ3n) is 6.08. The van der Waals surface area contributed by atoms with Gasteiger partial charge in [0.15, 0.2) is 0 Å². The molecule has 0 fully saturated rings. The minimum absolute atomic E-state index is 0.378. The van der Waals surface area contributed by atoms with Crippen molar-refractivity contribution in [2.75, 3.05) is 0 Å². The normalized spacial score (nSPS) is 14.8. The molecule has 1 aliphatic heterocycles. The number of hydrogen-bond acceptors (Lipinski definition) is 2. The highest BCUT2D eigenvalue weighted by Gasteiger charge is 2.34. The lowest BCUT2D eigenvalue weighted by atomic mass is 10.0. The zero-order valence-corrected chi connectivity index (χ0v) is 16.0. The van der Waals surface area contributed by atoms with E-state index in [0.29, 0.717) is 9.79 Å². The van der Waals surface area contributed by atoms with Crippen molar-refractivity contribution < 1.29 is 8.42 Å². The van der Waals surface area contributed by atoms with Gasteiger partial charge < -0.3 is 9.97 Å². The van der Waals surface area contributed by atoms with Crippen molar-refractivity contribution in [3.05, 3.63) is 72.8 Å². The van der Waals surface area contributed by atoms with E-state index in [1.807, 2.05) is 48.5 Å². The average Bonchev–Trinajstić information content (AvgIpc) is 3.34. The Bertz CT molecular complexity index is 1650. The number of fused-ring (bicyclic) bond motifs is 9. The van der Waals surface area contributed by atoms with Gasteiger partial charge in [0.2, 0.25) is 9.84 Å². The number of aromatic nitrogens is 2. The van der Waals surface area contributed by atoms with E-state index in [-0.39, 0.29) is 0 Å². The first-order valence-electron chi connectivity index (χ1n) is 9.46. The Kier molecular flexibility index (Phi) is 2.58. The highest BCUT2D eigenvalue weighted by atomic mass is 32.2. The molecule has 7 rings (SSSR count). The Labute approximate surface area is 165 Å². The molecule has 0 amide bonds. The van der Waals surface area contributed by atoms with Crippen molar-refractivity contribution in [2.24, 2.45) is 0 Å². The molecule has 0 atom stereocenters. The topological polar surface area (TPSA) is 65.7 Å². The molecule has 6 aromatic rings. The summed E-state index contributed by atoms with van der Waals surface area (Å²) in [7, 11) is -3.56. The zero-order chi connectivity index (χ0) is 19.3. The van der Waals surface area contributed by atoms with Crippen LogP contribution in [0.15, 0.2) is 82.6 Å². The number of sulfone groups is 1. The van der Waals surface area contributed by atoms with Crippen molar-refractivity contribution in [3.8, 4) is 11.1 Å². The van der Waals surface area contributed by atoms with E-state index in [0.717, 1.165) is 54.7 Å². The molecule has 3 heterocycles. The Morgan fingerprint density at radius 1 is 0.517 bits per heavy atom. The lowest BCUT2D eigenvalue weighted by Crippen LogP contribution is -1.96. The van der Waals surface area contributed by atoms with Gasteiger partial charge in [-0.1, -0.05) is 36.4 Å². The van der Waals surface area contributed by atoms with E-state index < -0.39 is 9.84 Å². The summed E-state index contributed by atoms with van der Waals surface area (Å²) in [5.74, 6) is 0. The third kappa shape index (κ3) is 1.81. The smallest absolute Gasteiger partial charge is 0.207 e. The van der Waals surface area contributed by atoms with Crippen LogP contribution in [0.4, 0.5) is 0 Å². The van der Waals surface area contributed by atoms with Crippen LogP contribution in [0, 0.1) is 0 Å². The molecule has 29 heavy (non-hydrogen) atoms. The van der Waals surface area contributed by atoms with Gasteiger partial charge in [-0.25, -0.2) is 8.42 Å². The minimum Gasteiger partial charge on any atom is -0.354 e. The number of para-hydroxylation sites is 2. The molecule has 0 aliphatic carbocycles. The summed E-state index contributed by atoms with van der Waals surface area (Å²) in [5, 5.41) is 4.29. The van der Waals surface area contributed by atoms with E-state index in [2.05, 4.69) is 22.1 Å². The van der Waals surface area contributed by atoms with E-state index >= 15 is 0 Å². The van der Waals surface area contributed by atoms with Crippen LogP contribution in [0.1, 0.15) is 0 Å². The third-order valence-corrected chi connectivity index (χ3v) is 7.92. The molecule has 2 aromatic heterocycles. The van der Waals surface area contributed by atoms with Crippen LogP contribution in [0.3, 0.4) is 0 Å². The summed E-state index contributed by atoms with van der Waals surface area (Å²) in [6, 6.07) is 23.7. The summed E-state index contributed by atoms with van der Waals surface area (Å²) >= 11 is 0. The highest BCUT2D eigenvalue weighted by Crippen LogP contribution is 2.47. The summed E-state index contributed by atoms with van der Waals surface area (Å²) < 4.78 is 26.7. The first-order chi connectivity index (χ1) is 14.1. The van der Waals surface area contributed by atoms with Crippen LogP contribution in [0.5, 0.6) is 0 Å². The number of rotatable bonds is 0. The molecular weight excluding hydrogens is 380 g/mol. The maximum atomic E-state index is 13.4. The Morgan fingerprint density at radius 3 is 1.45 bits per heavy atom. The van der Waals surface area contributed by atoms with E-state index in [4.69, 9.17) is 0 Å². The molecule has 0 unspecified atom stereocenters. The van der Waals surface area contributed by atoms with E-state index in [9.17, 15) is 8.42 Å². The van der Waals surface area contributed by atoms with Gasteiger partial charge in [0, 0.05) is 54.7 Å². The van der Waals surface area contributed by atoms with Gasteiger partial charge >= 0.3 is 0 Å². The zero-order valence-electron chi connectivity index (χ0n) is 15.2. The maximum Gasteiger partial charge on any atom is 0.207 e. The number of benzene rings is 4. The molecule has 0 spiro atoms. The second kappa shape index (κ2) is 4.88. The molecule has 4 nitrogen and oxygen atoms in total. The second-order valence-electron chi connectivity index (χ2n) is 7.63. The summed E-state index contributed by atoms with van der Waals surface area (Å²) in [4.78, 5) is 7.46. The van der Waals surface area contributed by atoms with Gasteiger partial charge in [0.25, 0.3) is 0 Å². The molecule has 0 bridgehead atoms. The molecule has 0 saturated carbocycles. The molecule has 1 aliphatic rings. The van der Waals surface area contributed by atoms with Crippen LogP contribution < -0.4 is 0 Å². The first-order valence-corrected chi connectivity index (χ1v) is 10.9. The van der Waals surface area contributed by atoms with Gasteiger partial charge in [0.05, 0.1) is 9.79 Å². The van der Waals surface area contributed by atoms with Crippen LogP contribution in [0.25, 0.3) is 54.7 Å². The molecule has 5 heteroatoms. The molecule has 4 aromatic carbocycles. The second-order valence-corrected chi connectivity index (χ2v) is 9.52. The van der Waals surface area contributed by atoms with Gasteiger partial charge in [-0.05, 0) is 36.4 Å². The fourth-order valence-corrected chi connectivity index (χ4v) is 6.44. The van der Waals surface area contributed by atoms with Crippen LogP contribution in [-0.4, -0.2) is 18.4 Å². The molecule has 138 valence electrons. The summed E-state index contributed by atoms with van der Waals surface area (Å²) in [6.45, 7) is 0. The molecule has 0 saturated heterocycles. The number of aromatic amines is 2. The Morgan fingerprint density at radius 2 is 0.966 bits per heavy atom. The van der Waals surface area contributed by atoms with Crippen molar-refractivity contribution >= 4 is 53.4 Å². The van der Waals surface area contributed by atoms with Gasteiger partial charge in [-0.15, -0.1) is 0 Å². The first kappa shape index (κ1) is 15.4. The number of H-pyrrole nitrogens is 2.